The molecule has 3 heteroatoms. The number of para-hydroxylation sites is 1. The molecule has 0 bridgehead atoms. The molecule has 0 amide bonds. The monoisotopic (exact) mass is 286 g/mol. The fraction of sp³-hybridized carbons (Fsp3) is 0.667. The predicted octanol–water partition coefficient (Wildman–Crippen LogP) is 3.02. The minimum absolute atomic E-state index is 0.385. The van der Waals surface area contributed by atoms with Crippen LogP contribution >= 0.6 is 0 Å². The van der Waals surface area contributed by atoms with Gasteiger partial charge in [-0.15, -0.1) is 0 Å². The zero-order valence-corrected chi connectivity index (χ0v) is 12.7. The van der Waals surface area contributed by atoms with Crippen molar-refractivity contribution in [3.8, 4) is 5.75 Å². The quantitative estimate of drug-likeness (QED) is 0.896. The predicted molar refractivity (Wildman–Crippen MR) is 84.6 cm³/mol. The second kappa shape index (κ2) is 5.98. The maximum atomic E-state index is 5.82. The average Bonchev–Trinajstić information content (AvgIpc) is 3.16. The van der Waals surface area contributed by atoms with E-state index in [1.807, 2.05) is 0 Å². The highest BCUT2D eigenvalue weighted by molar-refractivity contribution is 5.39. The van der Waals surface area contributed by atoms with Gasteiger partial charge in [0.25, 0.3) is 0 Å². The molecule has 3 nitrogen and oxygen atoms in total. The van der Waals surface area contributed by atoms with Crippen molar-refractivity contribution in [2.75, 3.05) is 13.2 Å². The smallest absolute Gasteiger partial charge is 0.124 e. The maximum absolute atomic E-state index is 5.82. The lowest BCUT2D eigenvalue weighted by atomic mass is 9.88. The molecule has 2 heterocycles. The van der Waals surface area contributed by atoms with Gasteiger partial charge in [-0.3, -0.25) is 0 Å². The highest BCUT2D eigenvalue weighted by Crippen LogP contribution is 2.36. The summed E-state index contributed by atoms with van der Waals surface area (Å²) in [6.07, 6.45) is 8.18. The van der Waals surface area contributed by atoms with Crippen LogP contribution in [0, 0.1) is 5.92 Å². The number of piperidine rings is 1. The average molecular weight is 286 g/mol. The van der Waals surface area contributed by atoms with Gasteiger partial charge in [-0.2, -0.15) is 0 Å². The molecule has 21 heavy (non-hydrogen) atoms. The van der Waals surface area contributed by atoms with Crippen LogP contribution in [-0.4, -0.2) is 25.2 Å². The molecule has 1 saturated carbocycles. The molecular formula is C18H26N2O. The zero-order chi connectivity index (χ0) is 14.1. The molecule has 0 aromatic heterocycles. The van der Waals surface area contributed by atoms with Gasteiger partial charge in [0.1, 0.15) is 12.4 Å². The van der Waals surface area contributed by atoms with Gasteiger partial charge in [0.15, 0.2) is 0 Å². The molecule has 4 rings (SSSR count). The first-order valence-electron chi connectivity index (χ1n) is 8.63. The second-order valence-corrected chi connectivity index (χ2v) is 6.83. The molecule has 2 fully saturated rings. The summed E-state index contributed by atoms with van der Waals surface area (Å²) in [5.41, 5.74) is 1.35. The minimum Gasteiger partial charge on any atom is -0.491 e. The summed E-state index contributed by atoms with van der Waals surface area (Å²) >= 11 is 0. The molecule has 4 atom stereocenters. The summed E-state index contributed by atoms with van der Waals surface area (Å²) in [5.74, 6) is 1.87. The van der Waals surface area contributed by atoms with Gasteiger partial charge in [0.05, 0.1) is 6.04 Å². The molecule has 1 saturated heterocycles. The first-order valence-corrected chi connectivity index (χ1v) is 8.63. The van der Waals surface area contributed by atoms with Crippen LogP contribution in [-0.2, 0) is 0 Å². The molecule has 1 aromatic carbocycles. The second-order valence-electron chi connectivity index (χ2n) is 6.83. The Morgan fingerprint density at radius 2 is 2.00 bits per heavy atom. The first-order chi connectivity index (χ1) is 10.4. The van der Waals surface area contributed by atoms with Crippen molar-refractivity contribution in [2.24, 2.45) is 5.92 Å². The van der Waals surface area contributed by atoms with E-state index in [0.29, 0.717) is 12.1 Å². The Balaban J connectivity index is 1.44. The lowest BCUT2D eigenvalue weighted by molar-refractivity contribution is 0.231. The maximum Gasteiger partial charge on any atom is 0.124 e. The number of benzene rings is 1. The summed E-state index contributed by atoms with van der Waals surface area (Å²) in [5, 5.41) is 7.68. The summed E-state index contributed by atoms with van der Waals surface area (Å²) in [6, 6.07) is 10.3. The number of fused-ring (bicyclic) bond motifs is 1. The highest BCUT2D eigenvalue weighted by Gasteiger charge is 2.36. The van der Waals surface area contributed by atoms with Crippen LogP contribution in [0.25, 0.3) is 0 Å². The fourth-order valence-electron chi connectivity index (χ4n) is 4.48. The van der Waals surface area contributed by atoms with Crippen molar-refractivity contribution in [1.29, 1.82) is 0 Å². The SMILES string of the molecule is c1ccc2c(c1)OCC2NC1CCCC1C1CCCCN1. The van der Waals surface area contributed by atoms with Gasteiger partial charge < -0.3 is 15.4 Å². The number of hydrogen-bond donors (Lipinski definition) is 2. The Morgan fingerprint density at radius 3 is 2.90 bits per heavy atom. The van der Waals surface area contributed by atoms with E-state index in [4.69, 9.17) is 4.74 Å². The minimum atomic E-state index is 0.385. The zero-order valence-electron chi connectivity index (χ0n) is 12.7. The normalized spacial score (nSPS) is 35.4. The first kappa shape index (κ1) is 13.6. The van der Waals surface area contributed by atoms with Gasteiger partial charge in [-0.1, -0.05) is 31.0 Å². The Morgan fingerprint density at radius 1 is 1.05 bits per heavy atom. The largest absolute Gasteiger partial charge is 0.491 e. The van der Waals surface area contributed by atoms with Gasteiger partial charge in [0.2, 0.25) is 0 Å². The Bertz CT molecular complexity index is 484. The van der Waals surface area contributed by atoms with Crippen molar-refractivity contribution in [3.05, 3.63) is 29.8 Å². The van der Waals surface area contributed by atoms with Gasteiger partial charge in [0, 0.05) is 17.6 Å². The number of ether oxygens (including phenoxy) is 1. The van der Waals surface area contributed by atoms with E-state index in [0.717, 1.165) is 24.3 Å². The van der Waals surface area contributed by atoms with Crippen molar-refractivity contribution in [1.82, 2.24) is 10.6 Å². The van der Waals surface area contributed by atoms with Crippen LogP contribution in [0.2, 0.25) is 0 Å². The molecule has 2 aliphatic heterocycles. The molecular weight excluding hydrogens is 260 g/mol. The van der Waals surface area contributed by atoms with Gasteiger partial charge in [-0.05, 0) is 44.2 Å². The molecule has 4 unspecified atom stereocenters. The van der Waals surface area contributed by atoms with Crippen molar-refractivity contribution in [2.45, 2.75) is 56.7 Å². The third kappa shape index (κ3) is 2.69. The van der Waals surface area contributed by atoms with E-state index in [2.05, 4.69) is 34.9 Å². The van der Waals surface area contributed by atoms with Crippen molar-refractivity contribution >= 4 is 0 Å². The van der Waals surface area contributed by atoms with E-state index < -0.39 is 0 Å². The fourth-order valence-corrected chi connectivity index (χ4v) is 4.48. The van der Waals surface area contributed by atoms with Crippen LogP contribution in [0.5, 0.6) is 5.75 Å². The highest BCUT2D eigenvalue weighted by atomic mass is 16.5. The van der Waals surface area contributed by atoms with E-state index in [-0.39, 0.29) is 0 Å². The molecule has 114 valence electrons. The van der Waals surface area contributed by atoms with E-state index in [1.54, 1.807) is 0 Å². The molecule has 0 radical (unpaired) electrons. The van der Waals surface area contributed by atoms with E-state index in [1.165, 1.54) is 50.6 Å². The summed E-state index contributed by atoms with van der Waals surface area (Å²) in [7, 11) is 0. The Labute approximate surface area is 127 Å². The summed E-state index contributed by atoms with van der Waals surface area (Å²) < 4.78 is 5.82. The molecule has 1 aromatic rings. The third-order valence-electron chi connectivity index (χ3n) is 5.55. The van der Waals surface area contributed by atoms with E-state index in [9.17, 15) is 0 Å². The van der Waals surface area contributed by atoms with Crippen molar-refractivity contribution in [3.63, 3.8) is 0 Å². The van der Waals surface area contributed by atoms with Crippen LogP contribution in [0.4, 0.5) is 0 Å². The molecule has 3 aliphatic rings. The van der Waals surface area contributed by atoms with E-state index >= 15 is 0 Å². The lowest BCUT2D eigenvalue weighted by Crippen LogP contribution is -2.47. The number of hydrogen-bond acceptors (Lipinski definition) is 3. The van der Waals surface area contributed by atoms with Crippen LogP contribution in [0.1, 0.15) is 50.1 Å². The third-order valence-corrected chi connectivity index (χ3v) is 5.55. The Kier molecular flexibility index (Phi) is 3.87. The summed E-state index contributed by atoms with van der Waals surface area (Å²) in [6.45, 7) is 2.00. The van der Waals surface area contributed by atoms with Crippen LogP contribution in [0.3, 0.4) is 0 Å². The van der Waals surface area contributed by atoms with Crippen LogP contribution < -0.4 is 15.4 Å². The number of rotatable bonds is 3. The Hall–Kier alpha value is -1.06. The number of nitrogens with one attached hydrogen (secondary N) is 2. The lowest BCUT2D eigenvalue weighted by Gasteiger charge is -2.34. The standard InChI is InChI=1S/C18H26N2O/c1-2-10-18-14(6-1)17(12-21-18)20-16-9-5-7-13(16)15-8-3-4-11-19-15/h1-2,6,10,13,15-17,19-20H,3-5,7-9,11-12H2. The van der Waals surface area contributed by atoms with Gasteiger partial charge in [-0.25, -0.2) is 0 Å². The molecule has 2 N–H and O–H groups in total. The van der Waals surface area contributed by atoms with Gasteiger partial charge >= 0.3 is 0 Å². The summed E-state index contributed by atoms with van der Waals surface area (Å²) in [4.78, 5) is 0. The molecule has 0 spiro atoms. The van der Waals surface area contributed by atoms with Crippen molar-refractivity contribution < 1.29 is 4.74 Å². The molecule has 1 aliphatic carbocycles. The van der Waals surface area contributed by atoms with Crippen LogP contribution in [0.15, 0.2) is 24.3 Å². The topological polar surface area (TPSA) is 33.3 Å².